The SMILES string of the molecule is CC(C)OC(=O)[C@H](C)C[P@@](=O)(Oc1ccccc1)OC(C)(C)[C@H]1O[C@@H](n2cnc3c(=O)[nH]c(N)nc32)C(F)(CF)[C@H]1O. The summed E-state index contributed by atoms with van der Waals surface area (Å²) in [4.78, 5) is 34.9. The van der Waals surface area contributed by atoms with Crippen LogP contribution in [0.4, 0.5) is 14.7 Å². The Hall–Kier alpha value is -3.39. The van der Waals surface area contributed by atoms with Crippen molar-refractivity contribution in [2.75, 3.05) is 18.6 Å². The summed E-state index contributed by atoms with van der Waals surface area (Å²) in [6, 6.07) is 8.03. The van der Waals surface area contributed by atoms with Crippen molar-refractivity contribution in [3.63, 3.8) is 0 Å². The number of halogens is 2. The molecule has 3 aromatic rings. The summed E-state index contributed by atoms with van der Waals surface area (Å²) in [5.74, 6) is -1.73. The smallest absolute Gasteiger partial charge is 0.380 e. The molecule has 1 fully saturated rings. The second-order valence-electron chi connectivity index (χ2n) is 11.0. The van der Waals surface area contributed by atoms with E-state index in [1.54, 1.807) is 32.0 Å². The van der Waals surface area contributed by atoms with Gasteiger partial charge in [0, 0.05) is 0 Å². The van der Waals surface area contributed by atoms with E-state index in [1.165, 1.54) is 32.9 Å². The molecule has 0 bridgehead atoms. The van der Waals surface area contributed by atoms with Gasteiger partial charge in [0.25, 0.3) is 5.56 Å². The first-order chi connectivity index (χ1) is 19.6. The number of esters is 1. The zero-order chi connectivity index (χ0) is 31.0. The minimum absolute atomic E-state index is 0.161. The van der Waals surface area contributed by atoms with Gasteiger partial charge in [-0.2, -0.15) is 4.98 Å². The van der Waals surface area contributed by atoms with E-state index in [0.29, 0.717) is 0 Å². The number of benzene rings is 1. The Morgan fingerprint density at radius 2 is 1.98 bits per heavy atom. The van der Waals surface area contributed by atoms with Crippen LogP contribution in [-0.2, 0) is 23.4 Å². The minimum atomic E-state index is -4.28. The summed E-state index contributed by atoms with van der Waals surface area (Å²) in [5, 5.41) is 11.1. The van der Waals surface area contributed by atoms with Gasteiger partial charge in [-0.3, -0.25) is 23.7 Å². The molecule has 4 rings (SSSR count). The van der Waals surface area contributed by atoms with Crippen LogP contribution in [0.1, 0.15) is 40.8 Å². The molecular formula is C26H34F2N5O8P. The Balaban J connectivity index is 1.68. The highest BCUT2D eigenvalue weighted by atomic mass is 31.2. The molecule has 1 aromatic carbocycles. The first-order valence-electron chi connectivity index (χ1n) is 13.2. The number of rotatable bonds is 11. The Bertz CT molecular complexity index is 1530. The lowest BCUT2D eigenvalue weighted by atomic mass is 9.89. The minimum Gasteiger partial charge on any atom is -0.463 e. The highest BCUT2D eigenvalue weighted by Crippen LogP contribution is 2.56. The highest BCUT2D eigenvalue weighted by molar-refractivity contribution is 7.54. The quantitative estimate of drug-likeness (QED) is 0.213. The lowest BCUT2D eigenvalue weighted by molar-refractivity contribution is -0.151. The third kappa shape index (κ3) is 6.19. The zero-order valence-corrected chi connectivity index (χ0v) is 24.6. The Labute approximate surface area is 239 Å². The van der Waals surface area contributed by atoms with Crippen LogP contribution in [0.3, 0.4) is 0 Å². The van der Waals surface area contributed by atoms with Crippen LogP contribution < -0.4 is 15.8 Å². The first kappa shape index (κ1) is 31.5. The maximum atomic E-state index is 16.2. The maximum absolute atomic E-state index is 16.2. The average Bonchev–Trinajstić information content (AvgIpc) is 3.42. The Kier molecular flexibility index (Phi) is 8.79. The van der Waals surface area contributed by atoms with Crippen LogP contribution in [0, 0.1) is 5.92 Å². The van der Waals surface area contributed by atoms with Crippen LogP contribution in [0.25, 0.3) is 11.2 Å². The van der Waals surface area contributed by atoms with Crippen molar-refractivity contribution in [3.05, 3.63) is 47.0 Å². The number of aromatic amines is 1. The van der Waals surface area contributed by atoms with Gasteiger partial charge in [-0.1, -0.05) is 25.1 Å². The monoisotopic (exact) mass is 613 g/mol. The number of aromatic nitrogens is 4. The summed E-state index contributed by atoms with van der Waals surface area (Å²) >= 11 is 0. The predicted molar refractivity (Wildman–Crippen MR) is 147 cm³/mol. The fourth-order valence-electron chi connectivity index (χ4n) is 4.73. The number of anilines is 1. The Morgan fingerprint density at radius 3 is 2.60 bits per heavy atom. The molecule has 0 amide bonds. The van der Waals surface area contributed by atoms with Gasteiger partial charge in [0.1, 0.15) is 30.2 Å². The number of nitrogens with two attached hydrogens (primary N) is 1. The molecule has 42 heavy (non-hydrogen) atoms. The van der Waals surface area contributed by atoms with Crippen LogP contribution in [-0.4, -0.2) is 73.0 Å². The van der Waals surface area contributed by atoms with E-state index in [1.807, 2.05) is 0 Å². The van der Waals surface area contributed by atoms with E-state index in [0.717, 1.165) is 10.9 Å². The number of ether oxygens (including phenoxy) is 2. The number of carbonyl (C=O) groups excluding carboxylic acids is 1. The normalized spacial score (nSPS) is 24.9. The van der Waals surface area contributed by atoms with Gasteiger partial charge in [0.15, 0.2) is 17.4 Å². The number of hydrogen-bond acceptors (Lipinski definition) is 11. The van der Waals surface area contributed by atoms with E-state index in [4.69, 9.17) is 24.3 Å². The molecule has 13 nitrogen and oxygen atoms in total. The van der Waals surface area contributed by atoms with Crippen molar-refractivity contribution in [3.8, 4) is 5.75 Å². The topological polar surface area (TPSA) is 181 Å². The lowest BCUT2D eigenvalue weighted by Crippen LogP contribution is -2.51. The fraction of sp³-hybridized carbons (Fsp3) is 0.538. The second-order valence-corrected chi connectivity index (χ2v) is 12.9. The standard InChI is InChI=1S/C26H34F2N5O8P/c1-14(2)38-22(36)15(3)11-42(37,40-16-9-7-6-8-10-16)41-25(4,5)19-18(34)26(28,12-27)23(39-19)33-13-30-17-20(33)31-24(29)32-21(17)35/h6-10,13-15,18-19,23,34H,11-12H2,1-5H3,(H3,29,31,32,35)/t15-,18+,19+,23-,26?,42-/m1/s1. The molecule has 2 aromatic heterocycles. The summed E-state index contributed by atoms with van der Waals surface area (Å²) in [6.45, 7) is 5.81. The van der Waals surface area contributed by atoms with E-state index in [2.05, 4.69) is 15.0 Å². The zero-order valence-electron chi connectivity index (χ0n) is 23.7. The predicted octanol–water partition coefficient (Wildman–Crippen LogP) is 3.29. The number of fused-ring (bicyclic) bond motifs is 1. The van der Waals surface area contributed by atoms with Crippen molar-refractivity contribution >= 4 is 30.7 Å². The summed E-state index contributed by atoms with van der Waals surface area (Å²) in [7, 11) is -4.28. The molecule has 1 unspecified atom stereocenters. The fourth-order valence-corrected chi connectivity index (χ4v) is 7.00. The molecule has 0 aliphatic carbocycles. The van der Waals surface area contributed by atoms with Gasteiger partial charge in [-0.25, -0.2) is 18.3 Å². The highest BCUT2D eigenvalue weighted by Gasteiger charge is 2.63. The largest absolute Gasteiger partial charge is 0.463 e. The molecule has 16 heteroatoms. The average molecular weight is 614 g/mol. The number of nitrogens with one attached hydrogen (secondary N) is 1. The molecule has 0 saturated carbocycles. The number of imidazole rings is 1. The number of alkyl halides is 2. The number of aliphatic hydroxyl groups is 1. The summed E-state index contributed by atoms with van der Waals surface area (Å²) in [5.41, 5.74) is -0.385. The number of para-hydroxylation sites is 1. The Morgan fingerprint density at radius 1 is 1.31 bits per heavy atom. The first-order valence-corrected chi connectivity index (χ1v) is 14.9. The number of nitrogens with zero attached hydrogens (tertiary/aromatic N) is 3. The molecular weight excluding hydrogens is 579 g/mol. The number of hydrogen-bond donors (Lipinski definition) is 3. The van der Waals surface area contributed by atoms with Gasteiger partial charge in [0.05, 0.1) is 24.5 Å². The number of nitrogen functional groups attached to an aromatic ring is 1. The number of aliphatic hydroxyl groups excluding tert-OH is 1. The molecule has 6 atom stereocenters. The third-order valence-electron chi connectivity index (χ3n) is 6.67. The number of H-pyrrole nitrogens is 1. The van der Waals surface area contributed by atoms with Crippen LogP contribution in [0.15, 0.2) is 41.5 Å². The molecule has 1 saturated heterocycles. The van der Waals surface area contributed by atoms with Crippen molar-refractivity contribution in [2.24, 2.45) is 5.92 Å². The van der Waals surface area contributed by atoms with Gasteiger partial charge >= 0.3 is 13.6 Å². The van der Waals surface area contributed by atoms with Crippen LogP contribution >= 0.6 is 7.60 Å². The van der Waals surface area contributed by atoms with E-state index in [-0.39, 0.29) is 22.9 Å². The van der Waals surface area contributed by atoms with Gasteiger partial charge in [-0.15, -0.1) is 0 Å². The van der Waals surface area contributed by atoms with E-state index >= 15 is 4.39 Å². The van der Waals surface area contributed by atoms with E-state index in [9.17, 15) is 23.7 Å². The van der Waals surface area contributed by atoms with Crippen LogP contribution in [0.2, 0.25) is 0 Å². The molecule has 3 heterocycles. The molecule has 1 aliphatic rings. The van der Waals surface area contributed by atoms with Gasteiger partial charge < -0.3 is 24.8 Å². The van der Waals surface area contributed by atoms with Crippen LogP contribution in [0.5, 0.6) is 5.75 Å². The van der Waals surface area contributed by atoms with Gasteiger partial charge in [0.2, 0.25) is 11.6 Å². The van der Waals surface area contributed by atoms with Crippen molar-refractivity contribution in [2.45, 2.75) is 70.4 Å². The number of carbonyl (C=O) groups is 1. The molecule has 0 radical (unpaired) electrons. The van der Waals surface area contributed by atoms with Gasteiger partial charge in [-0.05, 0) is 39.8 Å². The molecule has 0 spiro atoms. The van der Waals surface area contributed by atoms with E-state index < -0.39 is 73.7 Å². The second kappa shape index (κ2) is 11.7. The van der Waals surface area contributed by atoms with Crippen molar-refractivity contribution in [1.82, 2.24) is 19.5 Å². The molecule has 4 N–H and O–H groups in total. The third-order valence-corrected chi connectivity index (χ3v) is 8.90. The summed E-state index contributed by atoms with van der Waals surface area (Å²) in [6.07, 6.45) is -5.53. The van der Waals surface area contributed by atoms with Crippen molar-refractivity contribution in [1.29, 1.82) is 0 Å². The molecule has 230 valence electrons. The molecule has 1 aliphatic heterocycles. The maximum Gasteiger partial charge on any atom is 0.380 e. The van der Waals surface area contributed by atoms with Crippen molar-refractivity contribution < 1.29 is 41.8 Å². The lowest BCUT2D eigenvalue weighted by Gasteiger charge is -2.36. The summed E-state index contributed by atoms with van der Waals surface area (Å²) < 4.78 is 68.6.